The van der Waals surface area contributed by atoms with Crippen LogP contribution in [0, 0.1) is 23.6 Å². The van der Waals surface area contributed by atoms with Gasteiger partial charge in [0.1, 0.15) is 5.82 Å². The standard InChI is InChI=1S/C21H29FN2O.ClH/c22-18-9-7-14(8-10-18)19-6-1-2-11-24(19)21(25)17-12-15-4-3-5-16(13-17)20(15)23;/h7-10,15-17,19-20H,1-6,11-13,23H2;1H. The number of nitrogens with two attached hydrogens (primary N) is 1. The highest BCUT2D eigenvalue weighted by Crippen LogP contribution is 2.43. The number of amides is 1. The smallest absolute Gasteiger partial charge is 0.226 e. The molecule has 1 amide bonds. The summed E-state index contributed by atoms with van der Waals surface area (Å²) in [6.45, 7) is 0.832. The fourth-order valence-corrected chi connectivity index (χ4v) is 5.45. The molecule has 0 aromatic heterocycles. The molecule has 1 saturated heterocycles. The molecule has 0 radical (unpaired) electrons. The molecule has 144 valence electrons. The van der Waals surface area contributed by atoms with Gasteiger partial charge in [0.25, 0.3) is 0 Å². The zero-order chi connectivity index (χ0) is 17.4. The van der Waals surface area contributed by atoms with E-state index in [0.717, 1.165) is 44.2 Å². The van der Waals surface area contributed by atoms with Crippen LogP contribution in [0.4, 0.5) is 4.39 Å². The van der Waals surface area contributed by atoms with Crippen LogP contribution in [-0.4, -0.2) is 23.4 Å². The zero-order valence-electron chi connectivity index (χ0n) is 15.3. The van der Waals surface area contributed by atoms with Crippen molar-refractivity contribution >= 4 is 18.3 Å². The third-order valence-corrected chi connectivity index (χ3v) is 6.80. The number of benzene rings is 1. The highest BCUT2D eigenvalue weighted by molar-refractivity contribution is 5.85. The lowest BCUT2D eigenvalue weighted by molar-refractivity contribution is -0.142. The molecule has 3 aliphatic rings. The second-order valence-corrected chi connectivity index (χ2v) is 8.29. The number of carbonyl (C=O) groups is 1. The Balaban J connectivity index is 0.00000196. The van der Waals surface area contributed by atoms with Gasteiger partial charge in [-0.2, -0.15) is 0 Å². The summed E-state index contributed by atoms with van der Waals surface area (Å²) in [5.74, 6) is 1.28. The van der Waals surface area contributed by atoms with E-state index in [9.17, 15) is 9.18 Å². The Morgan fingerprint density at radius 2 is 1.65 bits per heavy atom. The van der Waals surface area contributed by atoms with Crippen LogP contribution in [0.1, 0.15) is 63.0 Å². The molecular formula is C21H30ClFN2O. The van der Waals surface area contributed by atoms with Crippen molar-refractivity contribution < 1.29 is 9.18 Å². The molecule has 3 fully saturated rings. The van der Waals surface area contributed by atoms with Crippen molar-refractivity contribution in [3.63, 3.8) is 0 Å². The first-order chi connectivity index (χ1) is 12.1. The fraction of sp³-hybridized carbons (Fsp3) is 0.667. The predicted molar refractivity (Wildman–Crippen MR) is 103 cm³/mol. The van der Waals surface area contributed by atoms with Crippen LogP contribution < -0.4 is 5.73 Å². The van der Waals surface area contributed by atoms with Gasteiger partial charge in [0.2, 0.25) is 5.91 Å². The lowest BCUT2D eigenvalue weighted by Gasteiger charge is -2.46. The van der Waals surface area contributed by atoms with Crippen molar-refractivity contribution in [2.45, 2.75) is 63.5 Å². The number of nitrogens with zero attached hydrogens (tertiary/aromatic N) is 1. The predicted octanol–water partition coefficient (Wildman–Crippen LogP) is 4.45. The molecular weight excluding hydrogens is 351 g/mol. The quantitative estimate of drug-likeness (QED) is 0.823. The average molecular weight is 381 g/mol. The Morgan fingerprint density at radius 1 is 1.00 bits per heavy atom. The van der Waals surface area contributed by atoms with Gasteiger partial charge in [-0.05, 0) is 74.5 Å². The van der Waals surface area contributed by atoms with Crippen LogP contribution in [0.5, 0.6) is 0 Å². The molecule has 5 heteroatoms. The van der Waals surface area contributed by atoms with Crippen molar-refractivity contribution in [2.75, 3.05) is 6.54 Å². The van der Waals surface area contributed by atoms with Gasteiger partial charge in [-0.15, -0.1) is 12.4 Å². The van der Waals surface area contributed by atoms with E-state index >= 15 is 0 Å². The van der Waals surface area contributed by atoms with Crippen molar-refractivity contribution in [3.05, 3.63) is 35.6 Å². The number of carbonyl (C=O) groups excluding carboxylic acids is 1. The molecule has 3 unspecified atom stereocenters. The van der Waals surface area contributed by atoms with Crippen molar-refractivity contribution in [2.24, 2.45) is 23.5 Å². The van der Waals surface area contributed by atoms with E-state index in [2.05, 4.69) is 4.90 Å². The van der Waals surface area contributed by atoms with Crippen LogP contribution >= 0.6 is 12.4 Å². The van der Waals surface area contributed by atoms with Crippen molar-refractivity contribution in [1.82, 2.24) is 4.90 Å². The number of piperidine rings is 1. The molecule has 1 aliphatic heterocycles. The van der Waals surface area contributed by atoms with Gasteiger partial charge in [-0.3, -0.25) is 4.79 Å². The molecule has 1 aromatic carbocycles. The summed E-state index contributed by atoms with van der Waals surface area (Å²) >= 11 is 0. The summed E-state index contributed by atoms with van der Waals surface area (Å²) in [6, 6.07) is 7.12. The maximum Gasteiger partial charge on any atom is 0.226 e. The molecule has 2 aliphatic carbocycles. The van der Waals surface area contributed by atoms with Crippen LogP contribution in [0.2, 0.25) is 0 Å². The minimum atomic E-state index is -0.216. The third-order valence-electron chi connectivity index (χ3n) is 6.80. The van der Waals surface area contributed by atoms with Crippen molar-refractivity contribution in [3.8, 4) is 0 Å². The number of hydrogen-bond donors (Lipinski definition) is 1. The first-order valence-corrected chi connectivity index (χ1v) is 9.95. The summed E-state index contributed by atoms with van der Waals surface area (Å²) in [5, 5.41) is 0. The number of hydrogen-bond acceptors (Lipinski definition) is 2. The molecule has 1 heterocycles. The molecule has 2 bridgehead atoms. The van der Waals surface area contributed by atoms with Gasteiger partial charge in [0, 0.05) is 18.5 Å². The average Bonchev–Trinajstić information content (AvgIpc) is 2.62. The van der Waals surface area contributed by atoms with Gasteiger partial charge in [-0.25, -0.2) is 4.39 Å². The first kappa shape index (κ1) is 19.6. The molecule has 0 spiro atoms. The minimum Gasteiger partial charge on any atom is -0.335 e. The highest BCUT2D eigenvalue weighted by Gasteiger charge is 2.42. The summed E-state index contributed by atoms with van der Waals surface area (Å²) in [7, 11) is 0. The number of rotatable bonds is 2. The number of halogens is 2. The van der Waals surface area contributed by atoms with Gasteiger partial charge in [0.05, 0.1) is 6.04 Å². The Kier molecular flexibility index (Phi) is 6.24. The van der Waals surface area contributed by atoms with E-state index in [1.54, 1.807) is 0 Å². The second-order valence-electron chi connectivity index (χ2n) is 8.29. The molecule has 2 N–H and O–H groups in total. The lowest BCUT2D eigenvalue weighted by Crippen LogP contribution is -2.50. The van der Waals surface area contributed by atoms with E-state index in [-0.39, 0.29) is 30.2 Å². The molecule has 3 atom stereocenters. The number of likely N-dealkylation sites (tertiary alicyclic amines) is 1. The van der Waals surface area contributed by atoms with Gasteiger partial charge < -0.3 is 10.6 Å². The summed E-state index contributed by atoms with van der Waals surface area (Å²) in [5.41, 5.74) is 7.47. The molecule has 26 heavy (non-hydrogen) atoms. The summed E-state index contributed by atoms with van der Waals surface area (Å²) in [4.78, 5) is 15.4. The normalized spacial score (nSPS) is 34.1. The Bertz CT molecular complexity index is 609. The Morgan fingerprint density at radius 3 is 2.31 bits per heavy atom. The van der Waals surface area contributed by atoms with Crippen LogP contribution in [0.25, 0.3) is 0 Å². The summed E-state index contributed by atoms with van der Waals surface area (Å²) < 4.78 is 13.3. The summed E-state index contributed by atoms with van der Waals surface area (Å²) in [6.07, 6.45) is 8.75. The molecule has 2 saturated carbocycles. The van der Waals surface area contributed by atoms with Gasteiger partial charge in [-0.1, -0.05) is 18.6 Å². The zero-order valence-corrected chi connectivity index (χ0v) is 16.1. The van der Waals surface area contributed by atoms with Gasteiger partial charge in [0.15, 0.2) is 0 Å². The maximum atomic E-state index is 13.4. The Labute approximate surface area is 161 Å². The largest absolute Gasteiger partial charge is 0.335 e. The third kappa shape index (κ3) is 3.77. The molecule has 1 aromatic rings. The highest BCUT2D eigenvalue weighted by atomic mass is 35.5. The fourth-order valence-electron chi connectivity index (χ4n) is 5.45. The van der Waals surface area contributed by atoms with E-state index < -0.39 is 0 Å². The first-order valence-electron chi connectivity index (χ1n) is 9.95. The topological polar surface area (TPSA) is 46.3 Å². The molecule has 3 nitrogen and oxygen atoms in total. The van der Waals surface area contributed by atoms with Gasteiger partial charge >= 0.3 is 0 Å². The van der Waals surface area contributed by atoms with E-state index in [1.165, 1.54) is 31.4 Å². The number of fused-ring (bicyclic) bond motifs is 2. The van der Waals surface area contributed by atoms with Crippen LogP contribution in [0.15, 0.2) is 24.3 Å². The van der Waals surface area contributed by atoms with Crippen LogP contribution in [0.3, 0.4) is 0 Å². The van der Waals surface area contributed by atoms with Crippen molar-refractivity contribution in [1.29, 1.82) is 0 Å². The van der Waals surface area contributed by atoms with E-state index in [1.807, 2.05) is 12.1 Å². The SMILES string of the molecule is Cl.NC1C2CCCC1CC(C(=O)N1CCCCC1c1ccc(F)cc1)C2. The minimum absolute atomic E-state index is 0. The lowest BCUT2D eigenvalue weighted by atomic mass is 9.64. The van der Waals surface area contributed by atoms with E-state index in [0.29, 0.717) is 23.8 Å². The Hall–Kier alpha value is -1.13. The van der Waals surface area contributed by atoms with Crippen LogP contribution in [-0.2, 0) is 4.79 Å². The van der Waals surface area contributed by atoms with E-state index in [4.69, 9.17) is 5.73 Å². The molecule has 4 rings (SSSR count). The monoisotopic (exact) mass is 380 g/mol. The maximum absolute atomic E-state index is 13.4. The second kappa shape index (κ2) is 8.26.